The van der Waals surface area contributed by atoms with Crippen LogP contribution in [0.1, 0.15) is 38.8 Å². The summed E-state index contributed by atoms with van der Waals surface area (Å²) in [5, 5.41) is 21.3. The number of hydrogen-bond acceptors (Lipinski definition) is 7. The van der Waals surface area contributed by atoms with Crippen LogP contribution in [0, 0.1) is 12.8 Å². The SMILES string of the molecule is CC(=O)Cc1cc2ccc(O[C@@H]3OC(C)(C)[C@H](C)[C@H](O)C3O)c(C)c2oc1=O. The lowest BCUT2D eigenvalue weighted by Gasteiger charge is -2.46. The van der Waals surface area contributed by atoms with Crippen molar-refractivity contribution in [3.05, 3.63) is 39.7 Å². The van der Waals surface area contributed by atoms with Crippen molar-refractivity contribution in [2.75, 3.05) is 0 Å². The predicted octanol–water partition coefficient (Wildman–Crippen LogP) is 2.10. The third-order valence-corrected chi connectivity index (χ3v) is 5.51. The Bertz CT molecular complexity index is 959. The van der Waals surface area contributed by atoms with Crippen molar-refractivity contribution >= 4 is 16.8 Å². The molecule has 0 aliphatic carbocycles. The zero-order chi connectivity index (χ0) is 20.8. The number of hydrogen-bond donors (Lipinski definition) is 2. The third kappa shape index (κ3) is 3.70. The molecule has 1 aromatic carbocycles. The summed E-state index contributed by atoms with van der Waals surface area (Å²) < 4.78 is 17.1. The van der Waals surface area contributed by atoms with E-state index in [9.17, 15) is 19.8 Å². The van der Waals surface area contributed by atoms with Gasteiger partial charge in [-0.25, -0.2) is 4.79 Å². The molecule has 0 saturated carbocycles. The number of Topliss-reactive ketones (excluding diaryl/α,β-unsaturated/α-hetero) is 1. The molecule has 7 heteroatoms. The second kappa shape index (κ2) is 7.31. The number of aryl methyl sites for hydroxylation is 1. The van der Waals surface area contributed by atoms with Crippen molar-refractivity contribution in [3.63, 3.8) is 0 Å². The van der Waals surface area contributed by atoms with Crippen LogP contribution in [0.5, 0.6) is 5.75 Å². The summed E-state index contributed by atoms with van der Waals surface area (Å²) in [6.45, 7) is 8.60. The monoisotopic (exact) mass is 390 g/mol. The van der Waals surface area contributed by atoms with Gasteiger partial charge in [0.05, 0.1) is 11.7 Å². The van der Waals surface area contributed by atoms with E-state index in [1.165, 1.54) is 6.92 Å². The van der Waals surface area contributed by atoms with Crippen LogP contribution in [0.15, 0.2) is 27.4 Å². The quantitative estimate of drug-likeness (QED) is 0.770. The number of ketones is 1. The lowest BCUT2D eigenvalue weighted by molar-refractivity contribution is -0.285. The van der Waals surface area contributed by atoms with E-state index in [1.807, 2.05) is 13.8 Å². The molecule has 1 aromatic heterocycles. The van der Waals surface area contributed by atoms with Crippen molar-refractivity contribution in [3.8, 4) is 5.75 Å². The van der Waals surface area contributed by atoms with E-state index in [0.29, 0.717) is 27.8 Å². The van der Waals surface area contributed by atoms with E-state index in [4.69, 9.17) is 13.9 Å². The predicted molar refractivity (Wildman–Crippen MR) is 102 cm³/mol. The molecule has 1 saturated heterocycles. The summed E-state index contributed by atoms with van der Waals surface area (Å²) in [6, 6.07) is 5.03. The molecule has 0 amide bonds. The summed E-state index contributed by atoms with van der Waals surface area (Å²) in [6.07, 6.45) is -3.27. The van der Waals surface area contributed by atoms with Gasteiger partial charge in [0.2, 0.25) is 6.29 Å². The first-order valence-electron chi connectivity index (χ1n) is 9.27. The highest BCUT2D eigenvalue weighted by molar-refractivity contribution is 5.84. The minimum atomic E-state index is -1.22. The molecule has 152 valence electrons. The number of ether oxygens (including phenoxy) is 2. The highest BCUT2D eigenvalue weighted by Gasteiger charge is 2.47. The van der Waals surface area contributed by atoms with Gasteiger partial charge in [-0.2, -0.15) is 0 Å². The van der Waals surface area contributed by atoms with Crippen molar-refractivity contribution < 1.29 is 28.9 Å². The van der Waals surface area contributed by atoms with Crippen molar-refractivity contribution in [1.29, 1.82) is 0 Å². The van der Waals surface area contributed by atoms with Gasteiger partial charge in [-0.05, 0) is 45.9 Å². The third-order valence-electron chi connectivity index (χ3n) is 5.51. The highest BCUT2D eigenvalue weighted by atomic mass is 16.7. The Morgan fingerprint density at radius 3 is 2.57 bits per heavy atom. The molecular weight excluding hydrogens is 364 g/mol. The fourth-order valence-corrected chi connectivity index (χ4v) is 3.43. The lowest BCUT2D eigenvalue weighted by Crippen LogP contribution is -2.59. The molecule has 0 bridgehead atoms. The van der Waals surface area contributed by atoms with Crippen LogP contribution in [-0.2, 0) is 16.0 Å². The maximum Gasteiger partial charge on any atom is 0.339 e. The Morgan fingerprint density at radius 1 is 1.25 bits per heavy atom. The van der Waals surface area contributed by atoms with E-state index >= 15 is 0 Å². The summed E-state index contributed by atoms with van der Waals surface area (Å²) in [4.78, 5) is 23.5. The van der Waals surface area contributed by atoms with E-state index in [2.05, 4.69) is 0 Å². The van der Waals surface area contributed by atoms with E-state index in [-0.39, 0.29) is 18.1 Å². The van der Waals surface area contributed by atoms with Crippen LogP contribution in [-0.4, -0.2) is 40.1 Å². The smallest absolute Gasteiger partial charge is 0.339 e. The van der Waals surface area contributed by atoms with E-state index in [0.717, 1.165) is 0 Å². The number of benzene rings is 1. The molecule has 7 nitrogen and oxygen atoms in total. The molecule has 1 aliphatic heterocycles. The molecule has 1 unspecified atom stereocenters. The van der Waals surface area contributed by atoms with E-state index < -0.39 is 29.7 Å². The number of rotatable bonds is 4. The number of carbonyl (C=O) groups is 1. The fraction of sp³-hybridized carbons (Fsp3) is 0.524. The Balaban J connectivity index is 1.95. The first kappa shape index (κ1) is 20.5. The number of aliphatic hydroxyl groups excluding tert-OH is 2. The van der Waals surface area contributed by atoms with Gasteiger partial charge in [0.1, 0.15) is 23.2 Å². The molecule has 0 radical (unpaired) electrons. The van der Waals surface area contributed by atoms with Gasteiger partial charge in [-0.3, -0.25) is 4.79 Å². The van der Waals surface area contributed by atoms with Gasteiger partial charge in [0, 0.05) is 28.9 Å². The molecule has 4 atom stereocenters. The molecule has 1 fully saturated rings. The van der Waals surface area contributed by atoms with Crippen molar-refractivity contribution in [1.82, 2.24) is 0 Å². The van der Waals surface area contributed by atoms with E-state index in [1.54, 1.807) is 32.0 Å². The first-order valence-corrected chi connectivity index (χ1v) is 9.27. The van der Waals surface area contributed by atoms with Gasteiger partial charge in [0.15, 0.2) is 0 Å². The maximum atomic E-state index is 12.2. The summed E-state index contributed by atoms with van der Waals surface area (Å²) in [5.41, 5.74) is -0.0541. The topological polar surface area (TPSA) is 106 Å². The van der Waals surface area contributed by atoms with Crippen LogP contribution in [0.3, 0.4) is 0 Å². The fourth-order valence-electron chi connectivity index (χ4n) is 3.43. The summed E-state index contributed by atoms with van der Waals surface area (Å²) >= 11 is 0. The maximum absolute atomic E-state index is 12.2. The van der Waals surface area contributed by atoms with Gasteiger partial charge in [-0.15, -0.1) is 0 Å². The molecule has 2 aromatic rings. The minimum Gasteiger partial charge on any atom is -0.462 e. The van der Waals surface area contributed by atoms with Crippen LogP contribution in [0.4, 0.5) is 0 Å². The molecule has 2 N–H and O–H groups in total. The van der Waals surface area contributed by atoms with Crippen molar-refractivity contribution in [2.24, 2.45) is 5.92 Å². The average Bonchev–Trinajstić information content (AvgIpc) is 2.61. The normalized spacial score (nSPS) is 27.0. The van der Waals surface area contributed by atoms with Crippen LogP contribution >= 0.6 is 0 Å². The Morgan fingerprint density at radius 2 is 1.93 bits per heavy atom. The molecule has 0 spiro atoms. The lowest BCUT2D eigenvalue weighted by atomic mass is 9.82. The molecule has 2 heterocycles. The first-order chi connectivity index (χ1) is 13.0. The van der Waals surface area contributed by atoms with Crippen LogP contribution in [0.25, 0.3) is 11.0 Å². The van der Waals surface area contributed by atoms with Crippen LogP contribution in [0.2, 0.25) is 0 Å². The number of fused-ring (bicyclic) bond motifs is 1. The van der Waals surface area contributed by atoms with Gasteiger partial charge in [0.25, 0.3) is 0 Å². The average molecular weight is 390 g/mol. The van der Waals surface area contributed by atoms with Gasteiger partial charge >= 0.3 is 5.63 Å². The minimum absolute atomic E-state index is 0.0167. The van der Waals surface area contributed by atoms with Crippen LogP contribution < -0.4 is 10.4 Å². The Labute approximate surface area is 162 Å². The summed E-state index contributed by atoms with van der Waals surface area (Å²) in [5.74, 6) is -0.0310. The zero-order valence-electron chi connectivity index (χ0n) is 16.7. The largest absolute Gasteiger partial charge is 0.462 e. The Kier molecular flexibility index (Phi) is 5.36. The van der Waals surface area contributed by atoms with Gasteiger partial charge in [-0.1, -0.05) is 6.92 Å². The number of aliphatic hydroxyl groups is 2. The second-order valence-corrected chi connectivity index (χ2v) is 8.02. The molecular formula is C21H26O7. The Hall–Kier alpha value is -2.22. The van der Waals surface area contributed by atoms with Gasteiger partial charge < -0.3 is 24.1 Å². The molecule has 3 rings (SSSR count). The zero-order valence-corrected chi connectivity index (χ0v) is 16.7. The van der Waals surface area contributed by atoms with Crippen molar-refractivity contribution in [2.45, 2.75) is 65.1 Å². The summed E-state index contributed by atoms with van der Waals surface area (Å²) in [7, 11) is 0. The highest BCUT2D eigenvalue weighted by Crippen LogP contribution is 2.36. The second-order valence-electron chi connectivity index (χ2n) is 8.02. The standard InChI is InChI=1S/C21H26O7/c1-10(22)8-14-9-13-6-7-15(11(2)18(13)27-19(14)25)26-20-17(24)16(23)12(3)21(4,5)28-20/h6-7,9,12,16-17,20,23-24H,8H2,1-5H3/t12-,16+,17?,20-/m1/s1. The number of carbonyl (C=O) groups excluding carboxylic acids is 1. The molecule has 28 heavy (non-hydrogen) atoms. The molecule has 1 aliphatic rings.